The second kappa shape index (κ2) is 6.43. The molecule has 3 heterocycles. The lowest BCUT2D eigenvalue weighted by Gasteiger charge is -2.21. The van der Waals surface area contributed by atoms with Crippen molar-refractivity contribution in [3.05, 3.63) is 69.3 Å². The first-order chi connectivity index (χ1) is 12.5. The summed E-state index contributed by atoms with van der Waals surface area (Å²) in [7, 11) is 0. The van der Waals surface area contributed by atoms with Gasteiger partial charge >= 0.3 is 0 Å². The molecule has 134 valence electrons. The number of fused-ring (bicyclic) bond motifs is 1. The van der Waals surface area contributed by atoms with Crippen molar-refractivity contribution in [2.45, 2.75) is 39.8 Å². The Bertz CT molecular complexity index is 989. The van der Waals surface area contributed by atoms with Gasteiger partial charge in [0, 0.05) is 11.7 Å². The zero-order valence-electron chi connectivity index (χ0n) is 15.0. The Balaban J connectivity index is 1.58. The molecule has 1 unspecified atom stereocenters. The van der Waals surface area contributed by atoms with Crippen LogP contribution in [0.15, 0.2) is 45.3 Å². The highest BCUT2D eigenvalue weighted by atomic mass is 79.9. The van der Waals surface area contributed by atoms with E-state index in [4.69, 9.17) is 4.42 Å². The van der Waals surface area contributed by atoms with Crippen LogP contribution in [-0.2, 0) is 13.0 Å². The number of aromatic nitrogens is 2. The average molecular weight is 414 g/mol. The summed E-state index contributed by atoms with van der Waals surface area (Å²) in [5.74, 6) is 0.985. The molecule has 4 rings (SSSR count). The Kier molecular flexibility index (Phi) is 4.23. The van der Waals surface area contributed by atoms with Gasteiger partial charge < -0.3 is 9.32 Å². The lowest BCUT2D eigenvalue weighted by molar-refractivity contribution is 0.0952. The predicted octanol–water partition coefficient (Wildman–Crippen LogP) is 4.50. The molecule has 1 aromatic carbocycles. The van der Waals surface area contributed by atoms with Crippen LogP contribution in [0.2, 0.25) is 0 Å². The van der Waals surface area contributed by atoms with Gasteiger partial charge in [-0.25, -0.2) is 0 Å². The van der Waals surface area contributed by atoms with E-state index in [0.717, 1.165) is 28.0 Å². The van der Waals surface area contributed by atoms with Crippen molar-refractivity contribution < 1.29 is 9.21 Å². The van der Waals surface area contributed by atoms with E-state index in [1.165, 1.54) is 5.56 Å². The molecule has 0 aliphatic carbocycles. The number of amides is 1. The zero-order chi connectivity index (χ0) is 18.4. The Labute approximate surface area is 160 Å². The van der Waals surface area contributed by atoms with E-state index < -0.39 is 0 Å². The number of aryl methyl sites for hydroxylation is 1. The van der Waals surface area contributed by atoms with Crippen molar-refractivity contribution in [2.75, 3.05) is 4.90 Å². The van der Waals surface area contributed by atoms with E-state index in [9.17, 15) is 4.79 Å². The summed E-state index contributed by atoms with van der Waals surface area (Å²) >= 11 is 3.53. The average Bonchev–Trinajstić information content (AvgIpc) is 3.28. The molecule has 6 heteroatoms. The third-order valence-corrected chi connectivity index (χ3v) is 6.04. The second-order valence-corrected chi connectivity index (χ2v) is 7.56. The fourth-order valence-corrected chi connectivity index (χ4v) is 3.83. The van der Waals surface area contributed by atoms with Gasteiger partial charge in [0.1, 0.15) is 5.76 Å². The van der Waals surface area contributed by atoms with Gasteiger partial charge in [-0.3, -0.25) is 9.48 Å². The number of anilines is 1. The molecule has 1 aliphatic rings. The lowest BCUT2D eigenvalue weighted by atomic mass is 10.1. The molecular weight excluding hydrogens is 394 g/mol. The summed E-state index contributed by atoms with van der Waals surface area (Å²) in [6, 6.07) is 11.8. The van der Waals surface area contributed by atoms with Crippen LogP contribution in [0, 0.1) is 13.8 Å². The number of benzene rings is 1. The number of nitrogens with zero attached hydrogens (tertiary/aromatic N) is 3. The Morgan fingerprint density at radius 1 is 1.27 bits per heavy atom. The number of rotatable bonds is 3. The van der Waals surface area contributed by atoms with E-state index in [1.54, 1.807) is 6.07 Å². The minimum atomic E-state index is -0.0942. The third kappa shape index (κ3) is 2.78. The largest absolute Gasteiger partial charge is 0.454 e. The van der Waals surface area contributed by atoms with Gasteiger partial charge in [-0.05, 0) is 66.9 Å². The minimum absolute atomic E-state index is 0.0942. The van der Waals surface area contributed by atoms with Crippen molar-refractivity contribution in [3.8, 4) is 0 Å². The molecule has 3 aromatic rings. The van der Waals surface area contributed by atoms with Crippen molar-refractivity contribution in [3.63, 3.8) is 0 Å². The monoisotopic (exact) mass is 413 g/mol. The van der Waals surface area contributed by atoms with Crippen molar-refractivity contribution in [1.82, 2.24) is 9.78 Å². The maximum atomic E-state index is 13.0. The number of furan rings is 1. The number of para-hydroxylation sites is 1. The highest BCUT2D eigenvalue weighted by Crippen LogP contribution is 2.33. The molecule has 0 saturated carbocycles. The van der Waals surface area contributed by atoms with Crippen molar-refractivity contribution in [2.24, 2.45) is 0 Å². The minimum Gasteiger partial charge on any atom is -0.454 e. The maximum absolute atomic E-state index is 13.0. The number of hydrogen-bond donors (Lipinski definition) is 0. The van der Waals surface area contributed by atoms with E-state index in [1.807, 2.05) is 47.7 Å². The summed E-state index contributed by atoms with van der Waals surface area (Å²) < 4.78 is 8.74. The van der Waals surface area contributed by atoms with Crippen LogP contribution in [0.3, 0.4) is 0 Å². The standard InChI is InChI=1S/C20H20BrN3O2/c1-12-10-15-6-4-5-7-17(15)24(12)20(25)18-9-8-16(26-18)11-23-14(3)19(21)13(2)22-23/h4-9,12H,10-11H2,1-3H3. The molecule has 5 nitrogen and oxygen atoms in total. The van der Waals surface area contributed by atoms with E-state index >= 15 is 0 Å². The molecule has 0 radical (unpaired) electrons. The van der Waals surface area contributed by atoms with Crippen LogP contribution >= 0.6 is 15.9 Å². The smallest absolute Gasteiger partial charge is 0.294 e. The van der Waals surface area contributed by atoms with Gasteiger partial charge in [-0.1, -0.05) is 18.2 Å². The number of carbonyl (C=O) groups excluding carboxylic acids is 1. The van der Waals surface area contributed by atoms with Gasteiger partial charge in [0.05, 0.1) is 22.4 Å². The van der Waals surface area contributed by atoms with Gasteiger partial charge in [0.15, 0.2) is 5.76 Å². The number of hydrogen-bond acceptors (Lipinski definition) is 3. The van der Waals surface area contributed by atoms with Gasteiger partial charge in [-0.15, -0.1) is 0 Å². The highest BCUT2D eigenvalue weighted by Gasteiger charge is 2.32. The Morgan fingerprint density at radius 2 is 2.04 bits per heavy atom. The zero-order valence-corrected chi connectivity index (χ0v) is 16.6. The molecule has 2 aromatic heterocycles. The Morgan fingerprint density at radius 3 is 2.77 bits per heavy atom. The van der Waals surface area contributed by atoms with Crippen LogP contribution < -0.4 is 4.90 Å². The second-order valence-electron chi connectivity index (χ2n) is 6.77. The van der Waals surface area contributed by atoms with Gasteiger partial charge in [0.25, 0.3) is 5.91 Å². The van der Waals surface area contributed by atoms with Crippen molar-refractivity contribution >= 4 is 27.5 Å². The van der Waals surface area contributed by atoms with Crippen LogP contribution in [0.1, 0.15) is 40.2 Å². The fourth-order valence-electron chi connectivity index (χ4n) is 3.55. The van der Waals surface area contributed by atoms with Crippen LogP contribution in [0.4, 0.5) is 5.69 Å². The first-order valence-electron chi connectivity index (χ1n) is 8.65. The summed E-state index contributed by atoms with van der Waals surface area (Å²) in [5, 5.41) is 4.49. The normalized spacial score (nSPS) is 16.2. The molecule has 0 fully saturated rings. The third-order valence-electron chi connectivity index (χ3n) is 4.90. The summed E-state index contributed by atoms with van der Waals surface area (Å²) in [6.07, 6.45) is 0.870. The van der Waals surface area contributed by atoms with E-state index in [-0.39, 0.29) is 11.9 Å². The van der Waals surface area contributed by atoms with Gasteiger partial charge in [0.2, 0.25) is 0 Å². The number of halogens is 1. The molecular formula is C20H20BrN3O2. The molecule has 1 atom stereocenters. The van der Waals surface area contributed by atoms with Crippen LogP contribution in [0.5, 0.6) is 0 Å². The Hall–Kier alpha value is -2.34. The molecule has 0 spiro atoms. The first-order valence-corrected chi connectivity index (χ1v) is 9.44. The highest BCUT2D eigenvalue weighted by molar-refractivity contribution is 9.10. The molecule has 0 N–H and O–H groups in total. The van der Waals surface area contributed by atoms with Crippen molar-refractivity contribution in [1.29, 1.82) is 0 Å². The summed E-state index contributed by atoms with van der Waals surface area (Å²) in [4.78, 5) is 14.8. The molecule has 0 saturated heterocycles. The fraction of sp³-hybridized carbons (Fsp3) is 0.300. The topological polar surface area (TPSA) is 51.3 Å². The number of carbonyl (C=O) groups is 1. The molecule has 1 amide bonds. The quantitative estimate of drug-likeness (QED) is 0.635. The summed E-state index contributed by atoms with van der Waals surface area (Å²) in [6.45, 7) is 6.52. The van der Waals surface area contributed by atoms with E-state index in [2.05, 4.69) is 34.0 Å². The SMILES string of the molecule is Cc1nn(Cc2ccc(C(=O)N3c4ccccc4CC3C)o2)c(C)c1Br. The van der Waals surface area contributed by atoms with Gasteiger partial charge in [-0.2, -0.15) is 5.10 Å². The summed E-state index contributed by atoms with van der Waals surface area (Å²) in [5.41, 5.74) is 4.15. The lowest BCUT2D eigenvalue weighted by Crippen LogP contribution is -2.35. The predicted molar refractivity (Wildman–Crippen MR) is 104 cm³/mol. The van der Waals surface area contributed by atoms with E-state index in [0.29, 0.717) is 18.1 Å². The van der Waals surface area contributed by atoms with Crippen LogP contribution in [-0.4, -0.2) is 21.7 Å². The molecule has 0 bridgehead atoms. The molecule has 26 heavy (non-hydrogen) atoms. The first kappa shape index (κ1) is 17.1. The van der Waals surface area contributed by atoms with Crippen LogP contribution in [0.25, 0.3) is 0 Å². The molecule has 1 aliphatic heterocycles. The maximum Gasteiger partial charge on any atom is 0.294 e.